The Hall–Kier alpha value is -1.16. The fourth-order valence-electron chi connectivity index (χ4n) is 1.84. The fourth-order valence-corrected chi connectivity index (χ4v) is 1.84. The number of aromatic nitrogens is 1. The van der Waals surface area contributed by atoms with Crippen LogP contribution in [0.4, 0.5) is 4.39 Å². The van der Waals surface area contributed by atoms with Crippen LogP contribution < -0.4 is 10.1 Å². The van der Waals surface area contributed by atoms with Gasteiger partial charge in [-0.15, -0.1) is 0 Å². The standard InChI is InChI=1S/C14H21FN2O/c1-10(2)7-16-8-11-6-12(15)9-17-14(11)18-13-4-3-5-13/h6,9-10,13,16H,3-5,7-8H2,1-2H3. The molecule has 4 heteroatoms. The minimum atomic E-state index is -0.308. The van der Waals surface area contributed by atoms with E-state index in [0.29, 0.717) is 18.3 Å². The summed E-state index contributed by atoms with van der Waals surface area (Å²) in [5, 5.41) is 3.29. The Balaban J connectivity index is 1.98. The van der Waals surface area contributed by atoms with Gasteiger partial charge in [-0.1, -0.05) is 13.8 Å². The van der Waals surface area contributed by atoms with Crippen LogP contribution in [-0.4, -0.2) is 17.6 Å². The van der Waals surface area contributed by atoms with Gasteiger partial charge >= 0.3 is 0 Å². The van der Waals surface area contributed by atoms with Crippen LogP contribution in [0.5, 0.6) is 5.88 Å². The lowest BCUT2D eigenvalue weighted by molar-refractivity contribution is 0.113. The summed E-state index contributed by atoms with van der Waals surface area (Å²) in [5.41, 5.74) is 0.808. The highest BCUT2D eigenvalue weighted by molar-refractivity contribution is 5.26. The number of pyridine rings is 1. The number of rotatable bonds is 6. The Morgan fingerprint density at radius 3 is 2.89 bits per heavy atom. The summed E-state index contributed by atoms with van der Waals surface area (Å²) in [7, 11) is 0. The summed E-state index contributed by atoms with van der Waals surface area (Å²) in [6.45, 7) is 5.79. The SMILES string of the molecule is CC(C)CNCc1cc(F)cnc1OC1CCC1. The fraction of sp³-hybridized carbons (Fsp3) is 0.643. The molecule has 1 N–H and O–H groups in total. The number of nitrogens with one attached hydrogen (secondary N) is 1. The van der Waals surface area contributed by atoms with Crippen molar-refractivity contribution >= 4 is 0 Å². The summed E-state index contributed by atoms with van der Waals surface area (Å²) >= 11 is 0. The van der Waals surface area contributed by atoms with Gasteiger partial charge in [0.25, 0.3) is 0 Å². The topological polar surface area (TPSA) is 34.2 Å². The number of hydrogen-bond donors (Lipinski definition) is 1. The quantitative estimate of drug-likeness (QED) is 0.845. The Morgan fingerprint density at radius 2 is 2.28 bits per heavy atom. The normalized spacial score (nSPS) is 15.8. The highest BCUT2D eigenvalue weighted by Gasteiger charge is 2.21. The van der Waals surface area contributed by atoms with Crippen LogP contribution in [0, 0.1) is 11.7 Å². The van der Waals surface area contributed by atoms with Gasteiger partial charge in [0.2, 0.25) is 5.88 Å². The molecule has 1 aliphatic rings. The molecule has 0 unspecified atom stereocenters. The zero-order valence-corrected chi connectivity index (χ0v) is 11.1. The van der Waals surface area contributed by atoms with Gasteiger partial charge in [0.15, 0.2) is 0 Å². The molecule has 2 rings (SSSR count). The molecular formula is C14H21FN2O. The maximum absolute atomic E-state index is 13.2. The van der Waals surface area contributed by atoms with Crippen molar-refractivity contribution in [1.29, 1.82) is 0 Å². The Labute approximate surface area is 108 Å². The molecule has 0 saturated heterocycles. The molecule has 0 aromatic carbocycles. The zero-order chi connectivity index (χ0) is 13.0. The predicted molar refractivity (Wildman–Crippen MR) is 69.0 cm³/mol. The van der Waals surface area contributed by atoms with Crippen LogP contribution in [0.15, 0.2) is 12.3 Å². The highest BCUT2D eigenvalue weighted by Crippen LogP contribution is 2.26. The Kier molecular flexibility index (Phi) is 4.53. The van der Waals surface area contributed by atoms with Crippen molar-refractivity contribution in [3.05, 3.63) is 23.6 Å². The van der Waals surface area contributed by atoms with Crippen molar-refractivity contribution in [1.82, 2.24) is 10.3 Å². The number of halogens is 1. The summed E-state index contributed by atoms with van der Waals surface area (Å²) < 4.78 is 19.0. The van der Waals surface area contributed by atoms with Gasteiger partial charge in [0.1, 0.15) is 11.9 Å². The van der Waals surface area contributed by atoms with Crippen LogP contribution in [0.25, 0.3) is 0 Å². The Bertz CT molecular complexity index is 391. The molecule has 1 aromatic heterocycles. The minimum Gasteiger partial charge on any atom is -0.474 e. The van der Waals surface area contributed by atoms with E-state index in [4.69, 9.17) is 4.74 Å². The van der Waals surface area contributed by atoms with Gasteiger partial charge in [-0.2, -0.15) is 0 Å². The van der Waals surface area contributed by atoms with Gasteiger partial charge in [-0.3, -0.25) is 0 Å². The number of hydrogen-bond acceptors (Lipinski definition) is 3. The minimum absolute atomic E-state index is 0.270. The molecular weight excluding hydrogens is 231 g/mol. The average Bonchev–Trinajstić information content (AvgIpc) is 2.25. The first-order valence-electron chi connectivity index (χ1n) is 6.67. The van der Waals surface area contributed by atoms with E-state index in [-0.39, 0.29) is 11.9 Å². The maximum Gasteiger partial charge on any atom is 0.218 e. The van der Waals surface area contributed by atoms with E-state index < -0.39 is 0 Å². The summed E-state index contributed by atoms with van der Waals surface area (Å²) in [6, 6.07) is 1.51. The van der Waals surface area contributed by atoms with Crippen LogP contribution in [0.2, 0.25) is 0 Å². The molecule has 0 radical (unpaired) electrons. The summed E-state index contributed by atoms with van der Waals surface area (Å²) in [6.07, 6.45) is 4.87. The number of nitrogens with zero attached hydrogens (tertiary/aromatic N) is 1. The van der Waals surface area contributed by atoms with Crippen molar-refractivity contribution in [2.75, 3.05) is 6.54 Å². The second-order valence-corrected chi connectivity index (χ2v) is 5.31. The van der Waals surface area contributed by atoms with E-state index in [0.717, 1.165) is 24.9 Å². The van der Waals surface area contributed by atoms with Crippen LogP contribution in [0.1, 0.15) is 38.7 Å². The molecule has 0 amide bonds. The molecule has 1 saturated carbocycles. The second-order valence-electron chi connectivity index (χ2n) is 5.31. The maximum atomic E-state index is 13.2. The predicted octanol–water partition coefficient (Wildman–Crippen LogP) is 2.90. The van der Waals surface area contributed by atoms with E-state index in [2.05, 4.69) is 24.1 Å². The molecule has 0 spiro atoms. The van der Waals surface area contributed by atoms with Crippen molar-refractivity contribution in [2.24, 2.45) is 5.92 Å². The highest BCUT2D eigenvalue weighted by atomic mass is 19.1. The van der Waals surface area contributed by atoms with Crippen molar-refractivity contribution in [3.63, 3.8) is 0 Å². The van der Waals surface area contributed by atoms with Gasteiger partial charge in [0, 0.05) is 12.1 Å². The van der Waals surface area contributed by atoms with Gasteiger partial charge < -0.3 is 10.1 Å². The van der Waals surface area contributed by atoms with E-state index in [1.54, 1.807) is 0 Å². The average molecular weight is 252 g/mol. The molecule has 3 nitrogen and oxygen atoms in total. The molecule has 0 aliphatic heterocycles. The van der Waals surface area contributed by atoms with E-state index >= 15 is 0 Å². The monoisotopic (exact) mass is 252 g/mol. The second kappa shape index (κ2) is 6.14. The number of ether oxygens (including phenoxy) is 1. The first-order valence-corrected chi connectivity index (χ1v) is 6.67. The molecule has 1 aliphatic carbocycles. The third-order valence-corrected chi connectivity index (χ3v) is 3.09. The summed E-state index contributed by atoms with van der Waals surface area (Å²) in [4.78, 5) is 4.06. The van der Waals surface area contributed by atoms with Gasteiger partial charge in [0.05, 0.1) is 6.20 Å². The van der Waals surface area contributed by atoms with E-state index in [1.165, 1.54) is 18.7 Å². The third-order valence-electron chi connectivity index (χ3n) is 3.09. The van der Waals surface area contributed by atoms with Crippen LogP contribution in [0.3, 0.4) is 0 Å². The van der Waals surface area contributed by atoms with Crippen LogP contribution in [-0.2, 0) is 6.54 Å². The molecule has 0 atom stereocenters. The van der Waals surface area contributed by atoms with E-state index in [9.17, 15) is 4.39 Å². The largest absolute Gasteiger partial charge is 0.474 e. The molecule has 1 fully saturated rings. The Morgan fingerprint density at radius 1 is 1.50 bits per heavy atom. The van der Waals surface area contributed by atoms with Crippen molar-refractivity contribution in [2.45, 2.75) is 45.8 Å². The first kappa shape index (κ1) is 13.3. The molecule has 100 valence electrons. The molecule has 18 heavy (non-hydrogen) atoms. The molecule has 1 heterocycles. The lowest BCUT2D eigenvalue weighted by Crippen LogP contribution is -2.26. The zero-order valence-electron chi connectivity index (χ0n) is 11.1. The molecule has 0 bridgehead atoms. The van der Waals surface area contributed by atoms with Crippen LogP contribution >= 0.6 is 0 Å². The van der Waals surface area contributed by atoms with Gasteiger partial charge in [-0.05, 0) is 37.8 Å². The lowest BCUT2D eigenvalue weighted by Gasteiger charge is -2.26. The third kappa shape index (κ3) is 3.67. The van der Waals surface area contributed by atoms with Crippen molar-refractivity contribution < 1.29 is 9.13 Å². The van der Waals surface area contributed by atoms with Gasteiger partial charge in [-0.25, -0.2) is 9.37 Å². The van der Waals surface area contributed by atoms with Crippen molar-refractivity contribution in [3.8, 4) is 5.88 Å². The summed E-state index contributed by atoms with van der Waals surface area (Å²) in [5.74, 6) is 0.845. The smallest absolute Gasteiger partial charge is 0.218 e. The van der Waals surface area contributed by atoms with E-state index in [1.807, 2.05) is 0 Å². The molecule has 1 aromatic rings. The first-order chi connectivity index (χ1) is 8.65. The lowest BCUT2D eigenvalue weighted by atomic mass is 9.96.